The van der Waals surface area contributed by atoms with Crippen LogP contribution in [0.2, 0.25) is 0 Å². The van der Waals surface area contributed by atoms with E-state index in [0.29, 0.717) is 17.8 Å². The van der Waals surface area contributed by atoms with Gasteiger partial charge < -0.3 is 11.1 Å². The van der Waals surface area contributed by atoms with Gasteiger partial charge >= 0.3 is 0 Å². The Morgan fingerprint density at radius 2 is 2.11 bits per heavy atom. The number of amides is 1. The van der Waals surface area contributed by atoms with Gasteiger partial charge in [0.05, 0.1) is 0 Å². The average Bonchev–Trinajstić information content (AvgIpc) is 2.39. The van der Waals surface area contributed by atoms with Gasteiger partial charge in [-0.05, 0) is 43.9 Å². The zero-order valence-corrected chi connectivity index (χ0v) is 12.3. The molecule has 1 amide bonds. The van der Waals surface area contributed by atoms with Crippen molar-refractivity contribution in [2.45, 2.75) is 26.2 Å². The van der Waals surface area contributed by atoms with Crippen LogP contribution in [0.5, 0.6) is 0 Å². The van der Waals surface area contributed by atoms with Gasteiger partial charge in [-0.2, -0.15) is 11.8 Å². The molecule has 19 heavy (non-hydrogen) atoms. The van der Waals surface area contributed by atoms with Crippen LogP contribution in [0.25, 0.3) is 0 Å². The molecule has 0 unspecified atom stereocenters. The first-order valence-corrected chi connectivity index (χ1v) is 7.78. The van der Waals surface area contributed by atoms with Crippen molar-refractivity contribution in [3.05, 3.63) is 29.1 Å². The zero-order chi connectivity index (χ0) is 14.3. The number of nitrogens with one attached hydrogen (secondary N) is 1. The summed E-state index contributed by atoms with van der Waals surface area (Å²) in [5, 5.41) is 2.78. The van der Waals surface area contributed by atoms with Gasteiger partial charge in [0.1, 0.15) is 5.82 Å². The molecule has 3 N–H and O–H groups in total. The normalized spacial score (nSPS) is 10.5. The Labute approximate surface area is 118 Å². The van der Waals surface area contributed by atoms with Crippen LogP contribution >= 0.6 is 11.8 Å². The number of hydrogen-bond acceptors (Lipinski definition) is 3. The second-order valence-corrected chi connectivity index (χ2v) is 5.47. The molecule has 1 aromatic rings. The van der Waals surface area contributed by atoms with Gasteiger partial charge in [-0.1, -0.05) is 6.42 Å². The Morgan fingerprint density at radius 1 is 1.37 bits per heavy atom. The highest BCUT2D eigenvalue weighted by atomic mass is 32.2. The highest BCUT2D eigenvalue weighted by Gasteiger charge is 2.10. The summed E-state index contributed by atoms with van der Waals surface area (Å²) in [7, 11) is 0. The Kier molecular flexibility index (Phi) is 6.70. The fourth-order valence-corrected chi connectivity index (χ4v) is 2.18. The van der Waals surface area contributed by atoms with Gasteiger partial charge in [-0.25, -0.2) is 4.39 Å². The lowest BCUT2D eigenvalue weighted by Crippen LogP contribution is -2.24. The van der Waals surface area contributed by atoms with Crippen molar-refractivity contribution in [2.24, 2.45) is 0 Å². The summed E-state index contributed by atoms with van der Waals surface area (Å²) in [6, 6.07) is 2.75. The van der Waals surface area contributed by atoms with Crippen LogP contribution in [0.4, 0.5) is 10.1 Å². The summed E-state index contributed by atoms with van der Waals surface area (Å²) in [4.78, 5) is 11.8. The molecule has 1 rings (SSSR count). The van der Waals surface area contributed by atoms with E-state index >= 15 is 0 Å². The van der Waals surface area contributed by atoms with Crippen molar-refractivity contribution in [1.82, 2.24) is 5.32 Å². The second kappa shape index (κ2) is 8.04. The number of unbranched alkanes of at least 4 members (excludes halogenated alkanes) is 2. The molecule has 0 aliphatic rings. The predicted octanol–water partition coefficient (Wildman–Crippen LogP) is 2.98. The van der Waals surface area contributed by atoms with E-state index in [1.807, 2.05) is 11.8 Å². The highest BCUT2D eigenvalue weighted by Crippen LogP contribution is 2.17. The third kappa shape index (κ3) is 5.11. The lowest BCUT2D eigenvalue weighted by atomic mass is 10.1. The Hall–Kier alpha value is -1.23. The minimum Gasteiger partial charge on any atom is -0.398 e. The molecule has 0 radical (unpaired) electrons. The van der Waals surface area contributed by atoms with Crippen LogP contribution in [0.15, 0.2) is 12.1 Å². The first-order chi connectivity index (χ1) is 9.06. The number of carbonyl (C=O) groups is 1. The molecule has 5 heteroatoms. The number of benzene rings is 1. The average molecular weight is 284 g/mol. The molecule has 0 bridgehead atoms. The van der Waals surface area contributed by atoms with Gasteiger partial charge in [0, 0.05) is 23.4 Å². The third-order valence-corrected chi connectivity index (χ3v) is 3.65. The lowest BCUT2D eigenvalue weighted by Gasteiger charge is -2.08. The summed E-state index contributed by atoms with van der Waals surface area (Å²) in [6.45, 7) is 2.21. The van der Waals surface area contributed by atoms with Gasteiger partial charge in [-0.3, -0.25) is 4.79 Å². The zero-order valence-electron chi connectivity index (χ0n) is 11.5. The van der Waals surface area contributed by atoms with Crippen LogP contribution < -0.4 is 11.1 Å². The molecule has 0 aromatic heterocycles. The van der Waals surface area contributed by atoms with Crippen LogP contribution in [-0.2, 0) is 0 Å². The third-order valence-electron chi connectivity index (χ3n) is 2.96. The number of anilines is 1. The monoisotopic (exact) mass is 284 g/mol. The molecular weight excluding hydrogens is 263 g/mol. The summed E-state index contributed by atoms with van der Waals surface area (Å²) in [6.07, 6.45) is 5.27. The van der Waals surface area contributed by atoms with Gasteiger partial charge in [0.2, 0.25) is 0 Å². The molecule has 106 valence electrons. The van der Waals surface area contributed by atoms with Crippen molar-refractivity contribution in [1.29, 1.82) is 0 Å². The number of halogens is 1. The molecule has 0 aliphatic heterocycles. The number of nitrogens with two attached hydrogens (primary N) is 1. The van der Waals surface area contributed by atoms with E-state index in [0.717, 1.165) is 25.0 Å². The van der Waals surface area contributed by atoms with Crippen molar-refractivity contribution in [3.8, 4) is 0 Å². The van der Waals surface area contributed by atoms with Crippen molar-refractivity contribution >= 4 is 23.4 Å². The molecule has 0 saturated heterocycles. The molecule has 1 aromatic carbocycles. The molecule has 0 spiro atoms. The summed E-state index contributed by atoms with van der Waals surface area (Å²) in [5.41, 5.74) is 6.62. The predicted molar refractivity (Wildman–Crippen MR) is 80.1 cm³/mol. The van der Waals surface area contributed by atoms with Crippen molar-refractivity contribution in [3.63, 3.8) is 0 Å². The number of thioether (sulfide) groups is 1. The molecule has 0 saturated carbocycles. The Bertz CT molecular complexity index is 414. The second-order valence-electron chi connectivity index (χ2n) is 4.48. The Balaban J connectivity index is 2.42. The maximum atomic E-state index is 13.5. The minimum absolute atomic E-state index is 0.268. The van der Waals surface area contributed by atoms with E-state index in [-0.39, 0.29) is 11.5 Å². The minimum atomic E-state index is -0.440. The number of rotatable bonds is 7. The standard InChI is InChI=1S/C14H21FN2OS/c1-10-12(15)8-11(9-13(10)16)14(18)17-6-4-3-5-7-19-2/h8-9H,3-7,16H2,1-2H3,(H,17,18). The van der Waals surface area contributed by atoms with E-state index in [1.165, 1.54) is 12.1 Å². The van der Waals surface area contributed by atoms with E-state index < -0.39 is 5.82 Å². The van der Waals surface area contributed by atoms with Crippen molar-refractivity contribution in [2.75, 3.05) is 24.3 Å². The molecule has 3 nitrogen and oxygen atoms in total. The molecule has 0 fully saturated rings. The molecule has 0 heterocycles. The van der Waals surface area contributed by atoms with Crippen LogP contribution in [0, 0.1) is 12.7 Å². The lowest BCUT2D eigenvalue weighted by molar-refractivity contribution is 0.0952. The molecular formula is C14H21FN2OS. The fraction of sp³-hybridized carbons (Fsp3) is 0.500. The summed E-state index contributed by atoms with van der Waals surface area (Å²) >= 11 is 1.82. The first kappa shape index (κ1) is 15.8. The van der Waals surface area contributed by atoms with E-state index in [1.54, 1.807) is 6.92 Å². The maximum Gasteiger partial charge on any atom is 0.251 e. The van der Waals surface area contributed by atoms with Gasteiger partial charge in [-0.15, -0.1) is 0 Å². The number of carbonyl (C=O) groups excluding carboxylic acids is 1. The summed E-state index contributed by atoms with van der Waals surface area (Å²) < 4.78 is 13.5. The quantitative estimate of drug-likeness (QED) is 0.598. The van der Waals surface area contributed by atoms with Crippen molar-refractivity contribution < 1.29 is 9.18 Å². The number of hydrogen-bond donors (Lipinski definition) is 2. The highest BCUT2D eigenvalue weighted by molar-refractivity contribution is 7.98. The topological polar surface area (TPSA) is 55.1 Å². The van der Waals surface area contributed by atoms with Gasteiger partial charge in [0.25, 0.3) is 5.91 Å². The SMILES string of the molecule is CSCCCCCNC(=O)c1cc(N)c(C)c(F)c1. The molecule has 0 aliphatic carbocycles. The van der Waals surface area contributed by atoms with Crippen LogP contribution in [-0.4, -0.2) is 24.5 Å². The molecule has 0 atom stereocenters. The van der Waals surface area contributed by atoms with Gasteiger partial charge in [0.15, 0.2) is 0 Å². The largest absolute Gasteiger partial charge is 0.398 e. The fourth-order valence-electron chi connectivity index (χ4n) is 1.68. The number of nitrogen functional groups attached to an aromatic ring is 1. The summed E-state index contributed by atoms with van der Waals surface area (Å²) in [5.74, 6) is 0.439. The van der Waals surface area contributed by atoms with E-state index in [4.69, 9.17) is 5.73 Å². The first-order valence-electron chi connectivity index (χ1n) is 6.39. The maximum absolute atomic E-state index is 13.5. The van der Waals surface area contributed by atoms with Crippen LogP contribution in [0.3, 0.4) is 0 Å². The smallest absolute Gasteiger partial charge is 0.251 e. The Morgan fingerprint density at radius 3 is 2.74 bits per heavy atom. The van der Waals surface area contributed by atoms with E-state index in [2.05, 4.69) is 11.6 Å². The van der Waals surface area contributed by atoms with Crippen LogP contribution in [0.1, 0.15) is 35.2 Å². The van der Waals surface area contributed by atoms with E-state index in [9.17, 15) is 9.18 Å².